The topological polar surface area (TPSA) is 107 Å². The van der Waals surface area contributed by atoms with Gasteiger partial charge < -0.3 is 10.6 Å². The van der Waals surface area contributed by atoms with Gasteiger partial charge in [-0.2, -0.15) is 5.10 Å². The highest BCUT2D eigenvalue weighted by Crippen LogP contribution is 2.30. The van der Waals surface area contributed by atoms with E-state index in [1.165, 1.54) is 11.6 Å². The molecule has 1 amide bonds. The van der Waals surface area contributed by atoms with Crippen molar-refractivity contribution in [3.63, 3.8) is 0 Å². The number of rotatable bonds is 2. The second-order valence-electron chi connectivity index (χ2n) is 6.27. The SMILES string of the molecule is Cc1nn(C)c(C(=O)N2CCC(N)C(C)(C)C2)c1[N+](=O)[O-].Cl. The summed E-state index contributed by atoms with van der Waals surface area (Å²) in [4.78, 5) is 24.9. The molecule has 2 N–H and O–H groups in total. The molecule has 124 valence electrons. The van der Waals surface area contributed by atoms with Crippen LogP contribution in [0.3, 0.4) is 0 Å². The van der Waals surface area contributed by atoms with Gasteiger partial charge in [0.05, 0.1) is 4.92 Å². The van der Waals surface area contributed by atoms with E-state index in [0.29, 0.717) is 19.5 Å². The number of halogens is 1. The first-order chi connectivity index (χ1) is 9.65. The van der Waals surface area contributed by atoms with E-state index in [1.807, 2.05) is 13.8 Å². The number of carbonyl (C=O) groups excluding carboxylic acids is 1. The van der Waals surface area contributed by atoms with Crippen LogP contribution in [0.2, 0.25) is 0 Å². The molecule has 0 radical (unpaired) electrons. The fraction of sp³-hybridized carbons (Fsp3) is 0.692. The van der Waals surface area contributed by atoms with Gasteiger partial charge >= 0.3 is 5.69 Å². The molecule has 0 aliphatic carbocycles. The van der Waals surface area contributed by atoms with E-state index in [0.717, 1.165) is 0 Å². The van der Waals surface area contributed by atoms with Crippen LogP contribution in [0.15, 0.2) is 0 Å². The van der Waals surface area contributed by atoms with Crippen LogP contribution in [0.5, 0.6) is 0 Å². The van der Waals surface area contributed by atoms with Gasteiger partial charge in [0.2, 0.25) is 5.69 Å². The van der Waals surface area contributed by atoms with Crippen molar-refractivity contribution in [2.75, 3.05) is 13.1 Å². The zero-order chi connectivity index (χ0) is 15.9. The molecule has 1 aromatic rings. The van der Waals surface area contributed by atoms with Crippen LogP contribution >= 0.6 is 12.4 Å². The number of carbonyl (C=O) groups is 1. The lowest BCUT2D eigenvalue weighted by Gasteiger charge is -2.42. The molecule has 1 atom stereocenters. The molecule has 1 unspecified atom stereocenters. The Morgan fingerprint density at radius 1 is 1.50 bits per heavy atom. The molecule has 1 fully saturated rings. The Morgan fingerprint density at radius 3 is 2.59 bits per heavy atom. The van der Waals surface area contributed by atoms with Crippen molar-refractivity contribution < 1.29 is 9.72 Å². The van der Waals surface area contributed by atoms with Crippen LogP contribution in [0.1, 0.15) is 36.5 Å². The summed E-state index contributed by atoms with van der Waals surface area (Å²) in [6.45, 7) is 6.52. The predicted octanol–water partition coefficient (Wildman–Crippen LogP) is 1.26. The van der Waals surface area contributed by atoms with E-state index in [9.17, 15) is 14.9 Å². The van der Waals surface area contributed by atoms with E-state index in [4.69, 9.17) is 5.73 Å². The van der Waals surface area contributed by atoms with Crippen molar-refractivity contribution in [2.45, 2.75) is 33.2 Å². The Balaban J connectivity index is 0.00000242. The molecule has 1 aliphatic rings. The number of piperidine rings is 1. The quantitative estimate of drug-likeness (QED) is 0.648. The summed E-state index contributed by atoms with van der Waals surface area (Å²) in [6.07, 6.45) is 0.684. The maximum atomic E-state index is 12.7. The van der Waals surface area contributed by atoms with E-state index in [1.54, 1.807) is 11.9 Å². The maximum Gasteiger partial charge on any atom is 0.322 e. The van der Waals surface area contributed by atoms with Crippen LogP contribution in [-0.4, -0.2) is 44.6 Å². The Bertz CT molecular complexity index is 599. The lowest BCUT2D eigenvalue weighted by molar-refractivity contribution is -0.385. The molecule has 0 aromatic carbocycles. The molecule has 1 aliphatic heterocycles. The molecular weight excluding hydrogens is 310 g/mol. The smallest absolute Gasteiger partial charge is 0.322 e. The van der Waals surface area contributed by atoms with Gasteiger partial charge in [-0.3, -0.25) is 19.6 Å². The van der Waals surface area contributed by atoms with Crippen LogP contribution in [-0.2, 0) is 7.05 Å². The van der Waals surface area contributed by atoms with Gasteiger partial charge in [-0.15, -0.1) is 12.4 Å². The monoisotopic (exact) mass is 331 g/mol. The number of amides is 1. The van der Waals surface area contributed by atoms with E-state index >= 15 is 0 Å². The summed E-state index contributed by atoms with van der Waals surface area (Å²) >= 11 is 0. The molecule has 0 bridgehead atoms. The number of nitrogens with two attached hydrogens (primary N) is 1. The minimum Gasteiger partial charge on any atom is -0.336 e. The maximum absolute atomic E-state index is 12.7. The summed E-state index contributed by atoms with van der Waals surface area (Å²) < 4.78 is 1.29. The molecular formula is C13H22ClN5O3. The number of nitro groups is 1. The standard InChI is InChI=1S/C13H21N5O3.ClH/c1-8-10(18(20)21)11(16(4)15-8)12(19)17-6-5-9(14)13(2,3)7-17;/h9H,5-7,14H2,1-4H3;1H. The Hall–Kier alpha value is -1.67. The molecule has 0 saturated carbocycles. The van der Waals surface area contributed by atoms with E-state index in [2.05, 4.69) is 5.10 Å². The largest absolute Gasteiger partial charge is 0.336 e. The van der Waals surface area contributed by atoms with Crippen molar-refractivity contribution in [2.24, 2.45) is 18.2 Å². The average molecular weight is 332 g/mol. The van der Waals surface area contributed by atoms with Crippen molar-refractivity contribution in [3.8, 4) is 0 Å². The lowest BCUT2D eigenvalue weighted by Crippen LogP contribution is -2.54. The number of likely N-dealkylation sites (tertiary alicyclic amines) is 1. The molecule has 2 heterocycles. The van der Waals surface area contributed by atoms with Gasteiger partial charge in [0.15, 0.2) is 0 Å². The lowest BCUT2D eigenvalue weighted by atomic mass is 9.79. The van der Waals surface area contributed by atoms with Gasteiger partial charge in [0, 0.05) is 26.2 Å². The van der Waals surface area contributed by atoms with Crippen molar-refractivity contribution in [1.82, 2.24) is 14.7 Å². The highest BCUT2D eigenvalue weighted by Gasteiger charge is 2.39. The predicted molar refractivity (Wildman–Crippen MR) is 84.1 cm³/mol. The molecule has 9 heteroatoms. The van der Waals surface area contributed by atoms with Crippen LogP contribution in [0.25, 0.3) is 0 Å². The van der Waals surface area contributed by atoms with E-state index < -0.39 is 4.92 Å². The third-order valence-corrected chi connectivity index (χ3v) is 4.18. The minimum atomic E-state index is -0.545. The summed E-state index contributed by atoms with van der Waals surface area (Å²) in [7, 11) is 1.55. The first kappa shape index (κ1) is 18.4. The summed E-state index contributed by atoms with van der Waals surface area (Å²) in [5, 5.41) is 15.2. The van der Waals surface area contributed by atoms with Gasteiger partial charge in [-0.05, 0) is 18.8 Å². The molecule has 0 spiro atoms. The minimum absolute atomic E-state index is 0. The third-order valence-electron chi connectivity index (χ3n) is 4.18. The second kappa shape index (κ2) is 6.21. The van der Waals surface area contributed by atoms with Gasteiger partial charge in [0.1, 0.15) is 5.69 Å². The highest BCUT2D eigenvalue weighted by molar-refractivity contribution is 5.97. The number of hydrogen-bond acceptors (Lipinski definition) is 5. The first-order valence-corrected chi connectivity index (χ1v) is 6.88. The Kier molecular flexibility index (Phi) is 5.19. The molecule has 1 aromatic heterocycles. The average Bonchev–Trinajstić information content (AvgIpc) is 2.66. The summed E-state index contributed by atoms with van der Waals surface area (Å²) in [6, 6.07) is 0.0183. The molecule has 2 rings (SSSR count). The fourth-order valence-corrected chi connectivity index (χ4v) is 2.80. The van der Waals surface area contributed by atoms with Crippen molar-refractivity contribution >= 4 is 24.0 Å². The zero-order valence-electron chi connectivity index (χ0n) is 13.2. The normalized spacial score (nSPS) is 20.4. The Labute approximate surface area is 135 Å². The summed E-state index contributed by atoms with van der Waals surface area (Å²) in [5.41, 5.74) is 5.92. The third kappa shape index (κ3) is 3.07. The van der Waals surface area contributed by atoms with Crippen LogP contribution in [0.4, 0.5) is 5.69 Å². The van der Waals surface area contributed by atoms with Gasteiger partial charge in [-0.1, -0.05) is 13.8 Å². The van der Waals surface area contributed by atoms with Crippen LogP contribution in [0, 0.1) is 22.5 Å². The molecule has 22 heavy (non-hydrogen) atoms. The zero-order valence-corrected chi connectivity index (χ0v) is 14.0. The van der Waals surface area contributed by atoms with Gasteiger partial charge in [0.25, 0.3) is 5.91 Å². The van der Waals surface area contributed by atoms with Crippen molar-refractivity contribution in [1.29, 1.82) is 0 Å². The number of aryl methyl sites for hydroxylation is 2. The number of hydrogen-bond donors (Lipinski definition) is 1. The summed E-state index contributed by atoms with van der Waals surface area (Å²) in [5.74, 6) is -0.357. The van der Waals surface area contributed by atoms with Crippen LogP contribution < -0.4 is 5.73 Å². The fourth-order valence-electron chi connectivity index (χ4n) is 2.80. The molecule has 1 saturated heterocycles. The molecule has 8 nitrogen and oxygen atoms in total. The first-order valence-electron chi connectivity index (χ1n) is 6.88. The Morgan fingerprint density at radius 2 is 2.09 bits per heavy atom. The van der Waals surface area contributed by atoms with E-state index in [-0.39, 0.29) is 46.8 Å². The number of aromatic nitrogens is 2. The van der Waals surface area contributed by atoms with Crippen molar-refractivity contribution in [3.05, 3.63) is 21.5 Å². The number of nitrogens with zero attached hydrogens (tertiary/aromatic N) is 4. The second-order valence-corrected chi connectivity index (χ2v) is 6.27. The van der Waals surface area contributed by atoms with Gasteiger partial charge in [-0.25, -0.2) is 0 Å². The highest BCUT2D eigenvalue weighted by atomic mass is 35.5.